The van der Waals surface area contributed by atoms with Crippen LogP contribution in [0.4, 0.5) is 0 Å². The predicted molar refractivity (Wildman–Crippen MR) is 49.3 cm³/mol. The van der Waals surface area contributed by atoms with Crippen LogP contribution in [0.2, 0.25) is 0 Å². The molecule has 2 fully saturated rings. The molecule has 2 aliphatic heterocycles. The summed E-state index contributed by atoms with van der Waals surface area (Å²) in [7, 11) is 0. The smallest absolute Gasteiger partial charge is 0.225 e. The summed E-state index contributed by atoms with van der Waals surface area (Å²) in [4.78, 5) is 11.5. The molecule has 1 amide bonds. The van der Waals surface area contributed by atoms with E-state index in [1.807, 2.05) is 0 Å². The molecular formula is C10H17NO2. The van der Waals surface area contributed by atoms with Crippen molar-refractivity contribution in [1.82, 2.24) is 5.32 Å². The van der Waals surface area contributed by atoms with Crippen LogP contribution in [-0.4, -0.2) is 25.2 Å². The molecule has 2 rings (SSSR count). The Balaban J connectivity index is 1.92. The molecular weight excluding hydrogens is 166 g/mol. The molecule has 0 aromatic rings. The number of amides is 1. The second-order valence-corrected chi connectivity index (χ2v) is 3.94. The molecule has 0 aromatic heterocycles. The van der Waals surface area contributed by atoms with Crippen LogP contribution in [0.25, 0.3) is 0 Å². The van der Waals surface area contributed by atoms with Crippen LogP contribution in [0.3, 0.4) is 0 Å². The van der Waals surface area contributed by atoms with E-state index in [9.17, 15) is 4.79 Å². The van der Waals surface area contributed by atoms with Gasteiger partial charge in [0.05, 0.1) is 12.0 Å². The number of hydrogen-bond donors (Lipinski definition) is 1. The lowest BCUT2D eigenvalue weighted by Crippen LogP contribution is -2.44. The van der Waals surface area contributed by atoms with Crippen molar-refractivity contribution in [2.75, 3.05) is 13.2 Å². The second-order valence-electron chi connectivity index (χ2n) is 3.94. The third-order valence-electron chi connectivity index (χ3n) is 2.99. The molecule has 0 spiro atoms. The molecule has 0 aliphatic carbocycles. The number of hydrogen-bond acceptors (Lipinski definition) is 2. The van der Waals surface area contributed by atoms with Crippen molar-refractivity contribution in [3.8, 4) is 0 Å². The molecule has 3 heteroatoms. The van der Waals surface area contributed by atoms with Gasteiger partial charge in [-0.25, -0.2) is 0 Å². The summed E-state index contributed by atoms with van der Waals surface area (Å²) in [5, 5.41) is 2.91. The van der Waals surface area contributed by atoms with E-state index in [0.29, 0.717) is 0 Å². The standard InChI is InChI=1S/C10H17NO2/c12-10-8(4-3-6-11-10)9-5-1-2-7-13-9/h8-9H,1-7H2,(H,11,12). The van der Waals surface area contributed by atoms with E-state index in [1.54, 1.807) is 0 Å². The molecule has 13 heavy (non-hydrogen) atoms. The minimum Gasteiger partial charge on any atom is -0.377 e. The monoisotopic (exact) mass is 183 g/mol. The lowest BCUT2D eigenvalue weighted by molar-refractivity contribution is -0.134. The van der Waals surface area contributed by atoms with E-state index >= 15 is 0 Å². The van der Waals surface area contributed by atoms with Gasteiger partial charge in [0.2, 0.25) is 5.91 Å². The first-order valence-corrected chi connectivity index (χ1v) is 5.27. The van der Waals surface area contributed by atoms with Crippen molar-refractivity contribution in [1.29, 1.82) is 0 Å². The molecule has 0 saturated carbocycles. The number of nitrogens with one attached hydrogen (secondary N) is 1. The van der Waals surface area contributed by atoms with Crippen LogP contribution in [-0.2, 0) is 9.53 Å². The molecule has 2 aliphatic rings. The van der Waals surface area contributed by atoms with Crippen LogP contribution in [0.1, 0.15) is 32.1 Å². The van der Waals surface area contributed by atoms with Crippen molar-refractivity contribution in [3.63, 3.8) is 0 Å². The summed E-state index contributed by atoms with van der Waals surface area (Å²) in [6, 6.07) is 0. The van der Waals surface area contributed by atoms with Gasteiger partial charge in [-0.3, -0.25) is 4.79 Å². The third-order valence-corrected chi connectivity index (χ3v) is 2.99. The van der Waals surface area contributed by atoms with E-state index in [-0.39, 0.29) is 17.9 Å². The van der Waals surface area contributed by atoms with Crippen LogP contribution in [0.15, 0.2) is 0 Å². The summed E-state index contributed by atoms with van der Waals surface area (Å²) >= 11 is 0. The Labute approximate surface area is 78.8 Å². The van der Waals surface area contributed by atoms with E-state index in [2.05, 4.69) is 5.32 Å². The van der Waals surface area contributed by atoms with E-state index in [0.717, 1.165) is 38.8 Å². The maximum atomic E-state index is 11.5. The highest BCUT2D eigenvalue weighted by molar-refractivity contribution is 5.79. The summed E-state index contributed by atoms with van der Waals surface area (Å²) < 4.78 is 5.63. The Hall–Kier alpha value is -0.570. The van der Waals surface area contributed by atoms with Crippen molar-refractivity contribution < 1.29 is 9.53 Å². The molecule has 2 heterocycles. The van der Waals surface area contributed by atoms with Gasteiger partial charge in [0.1, 0.15) is 0 Å². The Morgan fingerprint density at radius 3 is 2.85 bits per heavy atom. The summed E-state index contributed by atoms with van der Waals surface area (Å²) in [6.45, 7) is 1.69. The number of piperidine rings is 1. The number of carbonyl (C=O) groups is 1. The predicted octanol–water partition coefficient (Wildman–Crippen LogP) is 1.08. The maximum Gasteiger partial charge on any atom is 0.225 e. The largest absolute Gasteiger partial charge is 0.377 e. The highest BCUT2D eigenvalue weighted by atomic mass is 16.5. The number of ether oxygens (including phenoxy) is 1. The fourth-order valence-electron chi connectivity index (χ4n) is 2.23. The van der Waals surface area contributed by atoms with Crippen LogP contribution < -0.4 is 5.32 Å². The van der Waals surface area contributed by atoms with Crippen molar-refractivity contribution in [3.05, 3.63) is 0 Å². The third kappa shape index (κ3) is 2.02. The van der Waals surface area contributed by atoms with Crippen LogP contribution in [0, 0.1) is 5.92 Å². The van der Waals surface area contributed by atoms with Crippen LogP contribution >= 0.6 is 0 Å². The molecule has 1 N–H and O–H groups in total. The van der Waals surface area contributed by atoms with E-state index < -0.39 is 0 Å². The summed E-state index contributed by atoms with van der Waals surface area (Å²) in [6.07, 6.45) is 5.76. The minimum absolute atomic E-state index is 0.133. The van der Waals surface area contributed by atoms with Gasteiger partial charge in [-0.2, -0.15) is 0 Å². The molecule has 3 nitrogen and oxygen atoms in total. The molecule has 74 valence electrons. The Morgan fingerprint density at radius 1 is 1.23 bits per heavy atom. The average molecular weight is 183 g/mol. The Kier molecular flexibility index (Phi) is 2.83. The van der Waals surface area contributed by atoms with Gasteiger partial charge in [-0.1, -0.05) is 0 Å². The van der Waals surface area contributed by atoms with Gasteiger partial charge in [0.25, 0.3) is 0 Å². The van der Waals surface area contributed by atoms with Crippen molar-refractivity contribution in [2.45, 2.75) is 38.2 Å². The second kappa shape index (κ2) is 4.09. The lowest BCUT2D eigenvalue weighted by Gasteiger charge is -2.32. The lowest BCUT2D eigenvalue weighted by atomic mass is 9.89. The molecule has 0 aromatic carbocycles. The molecule has 2 unspecified atom stereocenters. The van der Waals surface area contributed by atoms with Gasteiger partial charge in [0.15, 0.2) is 0 Å². The van der Waals surface area contributed by atoms with Gasteiger partial charge >= 0.3 is 0 Å². The zero-order valence-corrected chi connectivity index (χ0v) is 7.92. The number of carbonyl (C=O) groups excluding carboxylic acids is 1. The maximum absolute atomic E-state index is 11.5. The summed E-state index contributed by atoms with van der Waals surface area (Å²) in [5.41, 5.74) is 0. The quantitative estimate of drug-likeness (QED) is 0.660. The van der Waals surface area contributed by atoms with E-state index in [1.165, 1.54) is 6.42 Å². The van der Waals surface area contributed by atoms with Crippen molar-refractivity contribution >= 4 is 5.91 Å². The average Bonchev–Trinajstić information content (AvgIpc) is 2.20. The fraction of sp³-hybridized carbons (Fsp3) is 0.900. The molecule has 2 atom stereocenters. The molecule has 0 bridgehead atoms. The first-order chi connectivity index (χ1) is 6.38. The fourth-order valence-corrected chi connectivity index (χ4v) is 2.23. The van der Waals surface area contributed by atoms with E-state index in [4.69, 9.17) is 4.74 Å². The Bertz CT molecular complexity index is 187. The van der Waals surface area contributed by atoms with Gasteiger partial charge < -0.3 is 10.1 Å². The zero-order valence-electron chi connectivity index (χ0n) is 7.92. The zero-order chi connectivity index (χ0) is 9.10. The first kappa shape index (κ1) is 9.00. The number of rotatable bonds is 1. The topological polar surface area (TPSA) is 38.3 Å². The Morgan fingerprint density at radius 2 is 2.15 bits per heavy atom. The van der Waals surface area contributed by atoms with Gasteiger partial charge in [-0.15, -0.1) is 0 Å². The normalized spacial score (nSPS) is 35.5. The molecule has 0 radical (unpaired) electrons. The van der Waals surface area contributed by atoms with Crippen molar-refractivity contribution in [2.24, 2.45) is 5.92 Å². The van der Waals surface area contributed by atoms with Gasteiger partial charge in [-0.05, 0) is 32.1 Å². The van der Waals surface area contributed by atoms with Crippen LogP contribution in [0.5, 0.6) is 0 Å². The first-order valence-electron chi connectivity index (χ1n) is 5.27. The highest BCUT2D eigenvalue weighted by Crippen LogP contribution is 2.25. The summed E-state index contributed by atoms with van der Waals surface area (Å²) in [5.74, 6) is 0.340. The SMILES string of the molecule is O=C1NCCCC1C1CCCCO1. The molecule has 2 saturated heterocycles. The minimum atomic E-state index is 0.133. The highest BCUT2D eigenvalue weighted by Gasteiger charge is 2.31. The van der Waals surface area contributed by atoms with Gasteiger partial charge in [0, 0.05) is 13.2 Å².